The third kappa shape index (κ3) is 4.57. The molecule has 4 atom stereocenters. The molecule has 0 N–H and O–H groups in total. The molecule has 0 saturated carbocycles. The molecular weight excluding hydrogens is 428 g/mol. The molecule has 4 nitrogen and oxygen atoms in total. The molecule has 0 aromatic heterocycles. The van der Waals surface area contributed by atoms with Crippen molar-refractivity contribution >= 4 is 28.6 Å². The molecule has 0 amide bonds. The zero-order valence-electron chi connectivity index (χ0n) is 12.3. The SMILES string of the molecule is CO[C@@H]1C(=O)O[C@H]([C@H](I)COCc2ccccc2)[C@H]1C(F)(F)F. The standard InChI is InChI=1S/C15H16F3IO4/c1-21-13-11(15(16,17)18)12(23-14(13)20)10(19)8-22-7-9-5-3-2-4-6-9/h2-6,10-13H,7-8H2,1H3/t10-,11-,12-,13+/m1/s1. The monoisotopic (exact) mass is 444 g/mol. The van der Waals surface area contributed by atoms with Crippen molar-refractivity contribution in [3.8, 4) is 0 Å². The van der Waals surface area contributed by atoms with Crippen LogP contribution >= 0.6 is 22.6 Å². The maximum absolute atomic E-state index is 13.2. The predicted octanol–water partition coefficient (Wildman–Crippen LogP) is 3.13. The van der Waals surface area contributed by atoms with E-state index in [1.807, 2.05) is 52.9 Å². The Labute approximate surface area is 145 Å². The van der Waals surface area contributed by atoms with E-state index in [0.717, 1.165) is 12.7 Å². The van der Waals surface area contributed by atoms with Gasteiger partial charge in [0.2, 0.25) is 0 Å². The van der Waals surface area contributed by atoms with Crippen LogP contribution in [0.25, 0.3) is 0 Å². The smallest absolute Gasteiger partial charge is 0.398 e. The van der Waals surface area contributed by atoms with Crippen LogP contribution in [0.3, 0.4) is 0 Å². The molecule has 0 spiro atoms. The van der Waals surface area contributed by atoms with Crippen LogP contribution in [0, 0.1) is 5.92 Å². The molecule has 1 heterocycles. The van der Waals surface area contributed by atoms with E-state index in [0.29, 0.717) is 0 Å². The zero-order chi connectivity index (χ0) is 17.0. The number of benzene rings is 1. The lowest BCUT2D eigenvalue weighted by atomic mass is 9.96. The van der Waals surface area contributed by atoms with Gasteiger partial charge in [0.05, 0.1) is 17.1 Å². The number of cyclic esters (lactones) is 1. The Morgan fingerprint density at radius 2 is 1.96 bits per heavy atom. The van der Waals surface area contributed by atoms with E-state index in [1.54, 1.807) is 0 Å². The highest BCUT2D eigenvalue weighted by Gasteiger charge is 2.60. The lowest BCUT2D eigenvalue weighted by Crippen LogP contribution is -2.43. The number of methoxy groups -OCH3 is 1. The number of hydrogen-bond donors (Lipinski definition) is 0. The zero-order valence-corrected chi connectivity index (χ0v) is 14.4. The molecule has 1 fully saturated rings. The summed E-state index contributed by atoms with van der Waals surface area (Å²) in [6, 6.07) is 9.28. The third-order valence-corrected chi connectivity index (χ3v) is 4.61. The maximum atomic E-state index is 13.2. The summed E-state index contributed by atoms with van der Waals surface area (Å²) in [5.41, 5.74) is 0.918. The molecule has 128 valence electrons. The highest BCUT2D eigenvalue weighted by molar-refractivity contribution is 14.1. The van der Waals surface area contributed by atoms with E-state index in [1.165, 1.54) is 0 Å². The molecule has 0 radical (unpaired) electrons. The van der Waals surface area contributed by atoms with Crippen molar-refractivity contribution in [3.63, 3.8) is 0 Å². The van der Waals surface area contributed by atoms with Gasteiger partial charge in [-0.05, 0) is 5.56 Å². The topological polar surface area (TPSA) is 44.8 Å². The van der Waals surface area contributed by atoms with Gasteiger partial charge in [-0.1, -0.05) is 52.9 Å². The van der Waals surface area contributed by atoms with Crippen molar-refractivity contribution in [1.82, 2.24) is 0 Å². The highest BCUT2D eigenvalue weighted by Crippen LogP contribution is 2.41. The second-order valence-electron chi connectivity index (χ2n) is 5.14. The van der Waals surface area contributed by atoms with E-state index in [4.69, 9.17) is 9.47 Å². The number of rotatable bonds is 6. The fraction of sp³-hybridized carbons (Fsp3) is 0.533. The van der Waals surface area contributed by atoms with Crippen molar-refractivity contribution in [2.45, 2.75) is 28.9 Å². The van der Waals surface area contributed by atoms with Crippen LogP contribution in [-0.4, -0.2) is 42.0 Å². The maximum Gasteiger partial charge on any atom is 0.398 e. The molecule has 1 aromatic carbocycles. The number of alkyl halides is 4. The van der Waals surface area contributed by atoms with Crippen molar-refractivity contribution < 1.29 is 32.2 Å². The molecule has 23 heavy (non-hydrogen) atoms. The molecule has 1 aromatic rings. The van der Waals surface area contributed by atoms with Gasteiger partial charge in [-0.2, -0.15) is 13.2 Å². The third-order valence-electron chi connectivity index (χ3n) is 3.54. The Hall–Kier alpha value is -0.870. The van der Waals surface area contributed by atoms with Crippen molar-refractivity contribution in [3.05, 3.63) is 35.9 Å². The molecule has 8 heteroatoms. The van der Waals surface area contributed by atoms with Crippen LogP contribution in [0.1, 0.15) is 5.56 Å². The van der Waals surface area contributed by atoms with Crippen LogP contribution in [0.15, 0.2) is 30.3 Å². The van der Waals surface area contributed by atoms with Crippen molar-refractivity contribution in [2.24, 2.45) is 5.92 Å². The largest absolute Gasteiger partial charge is 0.458 e. The van der Waals surface area contributed by atoms with E-state index < -0.39 is 34.2 Å². The molecule has 1 aliphatic rings. The van der Waals surface area contributed by atoms with Crippen LogP contribution in [0.2, 0.25) is 0 Å². The first-order valence-corrected chi connectivity index (χ1v) is 8.15. The van der Waals surface area contributed by atoms with Gasteiger partial charge in [0.15, 0.2) is 6.10 Å². The Bertz CT molecular complexity index is 523. The van der Waals surface area contributed by atoms with Crippen LogP contribution in [-0.2, 0) is 25.6 Å². The average Bonchev–Trinajstić information content (AvgIpc) is 2.85. The number of carbonyl (C=O) groups excluding carboxylic acids is 1. The van der Waals surface area contributed by atoms with Gasteiger partial charge < -0.3 is 14.2 Å². The van der Waals surface area contributed by atoms with Gasteiger partial charge in [-0.25, -0.2) is 4.79 Å². The minimum absolute atomic E-state index is 0.0381. The first kappa shape index (κ1) is 18.5. The molecule has 1 saturated heterocycles. The van der Waals surface area contributed by atoms with Gasteiger partial charge in [0, 0.05) is 7.11 Å². The minimum Gasteiger partial charge on any atom is -0.458 e. The summed E-state index contributed by atoms with van der Waals surface area (Å²) in [5.74, 6) is -2.97. The van der Waals surface area contributed by atoms with Gasteiger partial charge in [-0.15, -0.1) is 0 Å². The lowest BCUT2D eigenvalue weighted by Gasteiger charge is -2.26. The van der Waals surface area contributed by atoms with Gasteiger partial charge in [-0.3, -0.25) is 0 Å². The second kappa shape index (κ2) is 7.80. The summed E-state index contributed by atoms with van der Waals surface area (Å²) in [6.45, 7) is 0.321. The first-order valence-electron chi connectivity index (χ1n) is 6.90. The Morgan fingerprint density at radius 3 is 2.52 bits per heavy atom. The van der Waals surface area contributed by atoms with E-state index in [9.17, 15) is 18.0 Å². The predicted molar refractivity (Wildman–Crippen MR) is 84.1 cm³/mol. The van der Waals surface area contributed by atoms with Crippen LogP contribution in [0.5, 0.6) is 0 Å². The normalized spacial score (nSPS) is 26.1. The molecule has 0 aliphatic carbocycles. The number of hydrogen-bond acceptors (Lipinski definition) is 4. The van der Waals surface area contributed by atoms with Gasteiger partial charge in [0.1, 0.15) is 12.0 Å². The van der Waals surface area contributed by atoms with Gasteiger partial charge >= 0.3 is 12.1 Å². The Kier molecular flexibility index (Phi) is 6.26. The molecule has 0 bridgehead atoms. The fourth-order valence-electron chi connectivity index (χ4n) is 2.45. The summed E-state index contributed by atoms with van der Waals surface area (Å²) in [5, 5.41) is 0. The summed E-state index contributed by atoms with van der Waals surface area (Å²) >= 11 is 1.82. The van der Waals surface area contributed by atoms with Crippen molar-refractivity contribution in [1.29, 1.82) is 0 Å². The summed E-state index contributed by atoms with van der Waals surface area (Å²) < 4.78 is 54.0. The number of ether oxygens (including phenoxy) is 3. The first-order chi connectivity index (χ1) is 10.8. The number of carbonyl (C=O) groups is 1. The summed E-state index contributed by atoms with van der Waals surface area (Å²) in [4.78, 5) is 11.6. The number of halogens is 4. The van der Waals surface area contributed by atoms with E-state index in [-0.39, 0.29) is 13.2 Å². The highest BCUT2D eigenvalue weighted by atomic mass is 127. The van der Waals surface area contributed by atoms with Gasteiger partial charge in [0.25, 0.3) is 0 Å². The molecule has 0 unspecified atom stereocenters. The van der Waals surface area contributed by atoms with E-state index in [2.05, 4.69) is 4.74 Å². The quantitative estimate of drug-likeness (QED) is 0.385. The van der Waals surface area contributed by atoms with Crippen LogP contribution in [0.4, 0.5) is 13.2 Å². The molecular formula is C15H16F3IO4. The summed E-state index contributed by atoms with van der Waals surface area (Å²) in [7, 11) is 1.07. The van der Waals surface area contributed by atoms with E-state index >= 15 is 0 Å². The molecule has 1 aliphatic heterocycles. The Balaban J connectivity index is 1.97. The minimum atomic E-state index is -4.58. The molecule has 2 rings (SSSR count). The summed E-state index contributed by atoms with van der Waals surface area (Å²) in [6.07, 6.45) is -7.52. The number of esters is 1. The van der Waals surface area contributed by atoms with Crippen LogP contribution < -0.4 is 0 Å². The average molecular weight is 444 g/mol. The fourth-order valence-corrected chi connectivity index (χ4v) is 3.30. The van der Waals surface area contributed by atoms with Crippen molar-refractivity contribution in [2.75, 3.05) is 13.7 Å². The Morgan fingerprint density at radius 1 is 1.30 bits per heavy atom. The lowest BCUT2D eigenvalue weighted by molar-refractivity contribution is -0.205. The second-order valence-corrected chi connectivity index (χ2v) is 6.74.